The van der Waals surface area contributed by atoms with Crippen molar-refractivity contribution >= 4 is 39.4 Å². The third kappa shape index (κ3) is 4.26. The third-order valence-corrected chi connectivity index (χ3v) is 5.28. The Morgan fingerprint density at radius 3 is 2.33 bits per heavy atom. The van der Waals surface area contributed by atoms with Crippen LogP contribution in [0.1, 0.15) is 42.3 Å². The highest BCUT2D eigenvalue weighted by Gasteiger charge is 2.17. The topological polar surface area (TPSA) is 66.4 Å². The summed E-state index contributed by atoms with van der Waals surface area (Å²) in [5.41, 5.74) is 2.14. The number of carbonyl (C=O) groups is 2. The first-order valence-corrected chi connectivity index (χ1v) is 9.47. The molecule has 4 nitrogen and oxygen atoms in total. The minimum absolute atomic E-state index is 0.0128. The van der Waals surface area contributed by atoms with Crippen LogP contribution in [0.3, 0.4) is 0 Å². The number of benzene rings is 2. The predicted molar refractivity (Wildman–Crippen MR) is 110 cm³/mol. The molecule has 27 heavy (non-hydrogen) atoms. The second-order valence-electron chi connectivity index (χ2n) is 7.33. The van der Waals surface area contributed by atoms with Crippen molar-refractivity contribution in [2.24, 2.45) is 0 Å². The minimum atomic E-state index is -1.18. The van der Waals surface area contributed by atoms with Gasteiger partial charge in [-0.3, -0.25) is 4.79 Å². The van der Waals surface area contributed by atoms with Gasteiger partial charge in [0.05, 0.1) is 0 Å². The van der Waals surface area contributed by atoms with Crippen molar-refractivity contribution in [3.8, 4) is 0 Å². The molecule has 138 valence electrons. The standard InChI is InChI=1S/C22H21NO3S/c1-22(2,3)16-10-8-14(9-11-16)20(24)23-18(21(25)26)12-15-13-27-19-7-5-4-6-17(15)19/h4-13H,1-3H3,(H,23,24)(H,25,26). The Kier molecular flexibility index (Phi) is 5.15. The van der Waals surface area contributed by atoms with Crippen LogP contribution in [0.25, 0.3) is 16.2 Å². The number of amides is 1. The van der Waals surface area contributed by atoms with Crippen molar-refractivity contribution in [1.29, 1.82) is 0 Å². The van der Waals surface area contributed by atoms with Crippen LogP contribution >= 0.6 is 11.3 Å². The summed E-state index contributed by atoms with van der Waals surface area (Å²) in [6, 6.07) is 15.0. The van der Waals surface area contributed by atoms with Gasteiger partial charge in [-0.05, 0) is 51.6 Å². The summed E-state index contributed by atoms with van der Waals surface area (Å²) in [7, 11) is 0. The minimum Gasteiger partial charge on any atom is -0.477 e. The van der Waals surface area contributed by atoms with E-state index in [1.54, 1.807) is 12.1 Å². The number of nitrogens with one attached hydrogen (secondary N) is 1. The van der Waals surface area contributed by atoms with Gasteiger partial charge in [0.25, 0.3) is 5.91 Å². The van der Waals surface area contributed by atoms with Crippen LogP contribution in [0.4, 0.5) is 0 Å². The quantitative estimate of drug-likeness (QED) is 0.623. The molecule has 2 N–H and O–H groups in total. The summed E-state index contributed by atoms with van der Waals surface area (Å²) in [6.07, 6.45) is 1.50. The highest BCUT2D eigenvalue weighted by atomic mass is 32.1. The number of aliphatic carboxylic acids is 1. The summed E-state index contributed by atoms with van der Waals surface area (Å²) in [6.45, 7) is 6.29. The molecular formula is C22H21NO3S. The molecule has 0 unspecified atom stereocenters. The fraction of sp³-hybridized carbons (Fsp3) is 0.182. The van der Waals surface area contributed by atoms with Gasteiger partial charge in [0, 0.05) is 10.3 Å². The second-order valence-corrected chi connectivity index (χ2v) is 8.24. The maximum absolute atomic E-state index is 12.5. The van der Waals surface area contributed by atoms with E-state index in [4.69, 9.17) is 0 Å². The predicted octanol–water partition coefficient (Wildman–Crippen LogP) is 5.05. The van der Waals surface area contributed by atoms with E-state index in [1.807, 2.05) is 41.8 Å². The van der Waals surface area contributed by atoms with E-state index in [0.717, 1.165) is 21.2 Å². The molecule has 0 aliphatic heterocycles. The van der Waals surface area contributed by atoms with Gasteiger partial charge in [0.2, 0.25) is 0 Å². The van der Waals surface area contributed by atoms with E-state index >= 15 is 0 Å². The zero-order chi connectivity index (χ0) is 19.6. The van der Waals surface area contributed by atoms with Gasteiger partial charge in [-0.25, -0.2) is 4.79 Å². The fourth-order valence-electron chi connectivity index (χ4n) is 2.73. The Labute approximate surface area is 162 Å². The molecule has 1 heterocycles. The molecule has 1 amide bonds. The van der Waals surface area contributed by atoms with Crippen LogP contribution in [-0.4, -0.2) is 17.0 Å². The van der Waals surface area contributed by atoms with Gasteiger partial charge < -0.3 is 10.4 Å². The Balaban J connectivity index is 1.86. The molecule has 3 rings (SSSR count). The number of carbonyl (C=O) groups excluding carboxylic acids is 1. The first-order chi connectivity index (χ1) is 12.8. The molecular weight excluding hydrogens is 358 g/mol. The second kappa shape index (κ2) is 7.37. The van der Waals surface area contributed by atoms with Crippen LogP contribution in [0.2, 0.25) is 0 Å². The highest BCUT2D eigenvalue weighted by Crippen LogP contribution is 2.27. The van der Waals surface area contributed by atoms with Crippen LogP contribution in [0.5, 0.6) is 0 Å². The van der Waals surface area contributed by atoms with Gasteiger partial charge in [-0.15, -0.1) is 11.3 Å². The van der Waals surface area contributed by atoms with Crippen molar-refractivity contribution in [3.05, 3.63) is 76.3 Å². The molecule has 0 bridgehead atoms. The molecule has 0 saturated heterocycles. The molecule has 5 heteroatoms. The SMILES string of the molecule is CC(C)(C)c1ccc(C(=O)NC(=Cc2csc3ccccc23)C(=O)O)cc1. The van der Waals surface area contributed by atoms with Gasteiger partial charge in [0.1, 0.15) is 5.70 Å². The molecule has 1 aromatic heterocycles. The monoisotopic (exact) mass is 379 g/mol. The van der Waals surface area contributed by atoms with E-state index in [9.17, 15) is 14.7 Å². The zero-order valence-corrected chi connectivity index (χ0v) is 16.3. The molecule has 0 saturated carbocycles. The summed E-state index contributed by atoms with van der Waals surface area (Å²) in [5, 5.41) is 14.9. The summed E-state index contributed by atoms with van der Waals surface area (Å²) in [5.74, 6) is -1.62. The summed E-state index contributed by atoms with van der Waals surface area (Å²) < 4.78 is 1.07. The van der Waals surface area contributed by atoms with Gasteiger partial charge in [-0.1, -0.05) is 51.1 Å². The average molecular weight is 379 g/mol. The first kappa shape index (κ1) is 18.9. The average Bonchev–Trinajstić information content (AvgIpc) is 3.03. The Morgan fingerprint density at radius 1 is 1.04 bits per heavy atom. The maximum atomic E-state index is 12.5. The Bertz CT molecular complexity index is 1020. The van der Waals surface area contributed by atoms with Crippen molar-refractivity contribution in [1.82, 2.24) is 5.32 Å². The summed E-state index contributed by atoms with van der Waals surface area (Å²) in [4.78, 5) is 24.1. The van der Waals surface area contributed by atoms with E-state index in [2.05, 4.69) is 26.1 Å². The zero-order valence-electron chi connectivity index (χ0n) is 15.4. The number of hydrogen-bond acceptors (Lipinski definition) is 3. The maximum Gasteiger partial charge on any atom is 0.352 e. The van der Waals surface area contributed by atoms with Crippen LogP contribution in [0.15, 0.2) is 59.6 Å². The molecule has 0 fully saturated rings. The van der Waals surface area contributed by atoms with Crippen LogP contribution in [0, 0.1) is 0 Å². The number of fused-ring (bicyclic) bond motifs is 1. The third-order valence-electron chi connectivity index (χ3n) is 4.30. The largest absolute Gasteiger partial charge is 0.477 e. The van der Waals surface area contributed by atoms with E-state index in [-0.39, 0.29) is 11.1 Å². The van der Waals surface area contributed by atoms with E-state index in [0.29, 0.717) is 5.56 Å². The molecule has 0 aliphatic carbocycles. The van der Waals surface area contributed by atoms with Gasteiger partial charge >= 0.3 is 5.97 Å². The lowest BCUT2D eigenvalue weighted by molar-refractivity contribution is -0.132. The van der Waals surface area contributed by atoms with Crippen LogP contribution in [-0.2, 0) is 10.2 Å². The van der Waals surface area contributed by atoms with Crippen molar-refractivity contribution in [2.45, 2.75) is 26.2 Å². The van der Waals surface area contributed by atoms with Crippen molar-refractivity contribution in [2.75, 3.05) is 0 Å². The smallest absolute Gasteiger partial charge is 0.352 e. The molecule has 0 atom stereocenters. The Hall–Kier alpha value is -2.92. The van der Waals surface area contributed by atoms with E-state index < -0.39 is 11.9 Å². The lowest BCUT2D eigenvalue weighted by atomic mass is 9.87. The number of thiophene rings is 1. The normalized spacial score (nSPS) is 12.2. The summed E-state index contributed by atoms with van der Waals surface area (Å²) >= 11 is 1.54. The first-order valence-electron chi connectivity index (χ1n) is 8.59. The molecule has 0 spiro atoms. The number of hydrogen-bond donors (Lipinski definition) is 2. The molecule has 3 aromatic rings. The molecule has 0 radical (unpaired) electrons. The number of carboxylic acid groups (broad SMARTS) is 1. The highest BCUT2D eigenvalue weighted by molar-refractivity contribution is 7.17. The van der Waals surface area contributed by atoms with E-state index in [1.165, 1.54) is 17.4 Å². The van der Waals surface area contributed by atoms with Crippen molar-refractivity contribution in [3.63, 3.8) is 0 Å². The fourth-order valence-corrected chi connectivity index (χ4v) is 3.65. The Morgan fingerprint density at radius 2 is 1.70 bits per heavy atom. The molecule has 0 aliphatic rings. The molecule has 2 aromatic carbocycles. The number of carboxylic acids is 1. The lowest BCUT2D eigenvalue weighted by Crippen LogP contribution is -2.27. The van der Waals surface area contributed by atoms with Gasteiger partial charge in [0.15, 0.2) is 0 Å². The number of rotatable bonds is 4. The van der Waals surface area contributed by atoms with Gasteiger partial charge in [-0.2, -0.15) is 0 Å². The van der Waals surface area contributed by atoms with Crippen molar-refractivity contribution < 1.29 is 14.7 Å². The lowest BCUT2D eigenvalue weighted by Gasteiger charge is -2.19. The van der Waals surface area contributed by atoms with Crippen LogP contribution < -0.4 is 5.32 Å².